The summed E-state index contributed by atoms with van der Waals surface area (Å²) in [5, 5.41) is 0. The molecule has 0 aromatic carbocycles. The monoisotopic (exact) mass is 179 g/mol. The summed E-state index contributed by atoms with van der Waals surface area (Å²) in [4.78, 5) is 23.6. The number of rotatable bonds is 2. The van der Waals surface area contributed by atoms with Crippen LogP contribution in [0.1, 0.15) is 12.0 Å². The van der Waals surface area contributed by atoms with Crippen LogP contribution in [0.25, 0.3) is 0 Å². The van der Waals surface area contributed by atoms with Crippen LogP contribution in [-0.4, -0.2) is 23.1 Å². The Balaban J connectivity index is 2.03. The van der Waals surface area contributed by atoms with Crippen LogP contribution in [0.4, 0.5) is 0 Å². The van der Waals surface area contributed by atoms with Crippen LogP contribution in [0.5, 0.6) is 0 Å². The number of Topliss-reactive ketones (excluding diaryl/α,β-unsaturated/α-hetero) is 1. The summed E-state index contributed by atoms with van der Waals surface area (Å²) in [5.41, 5.74) is 0.919. The second-order valence-electron chi connectivity index (χ2n) is 3.10. The Hall–Kier alpha value is -1.58. The van der Waals surface area contributed by atoms with Gasteiger partial charge in [-0.3, -0.25) is 9.59 Å². The fourth-order valence-electron chi connectivity index (χ4n) is 1.38. The minimum Gasteiger partial charge on any atom is -0.472 e. The Kier molecular flexibility index (Phi) is 1.88. The Bertz CT molecular complexity index is 329. The summed E-state index contributed by atoms with van der Waals surface area (Å²) in [6.07, 6.45) is 3.19. The first kappa shape index (κ1) is 8.04. The maximum absolute atomic E-state index is 11.2. The Morgan fingerprint density at radius 3 is 2.85 bits per heavy atom. The first-order valence-electron chi connectivity index (χ1n) is 4.06. The van der Waals surface area contributed by atoms with Crippen LogP contribution in [0.2, 0.25) is 0 Å². The van der Waals surface area contributed by atoms with E-state index in [1.807, 2.05) is 0 Å². The lowest BCUT2D eigenvalue weighted by atomic mass is 10.3. The van der Waals surface area contributed by atoms with Crippen LogP contribution in [0.3, 0.4) is 0 Å². The van der Waals surface area contributed by atoms with Crippen molar-refractivity contribution >= 4 is 11.7 Å². The smallest absolute Gasteiger partial charge is 0.230 e. The van der Waals surface area contributed by atoms with Crippen LogP contribution in [0.15, 0.2) is 23.0 Å². The summed E-state index contributed by atoms with van der Waals surface area (Å²) < 4.78 is 4.86. The average Bonchev–Trinajstić information content (AvgIpc) is 2.63. The second kappa shape index (κ2) is 3.05. The van der Waals surface area contributed by atoms with Gasteiger partial charge in [0.2, 0.25) is 5.91 Å². The van der Waals surface area contributed by atoms with E-state index in [-0.39, 0.29) is 24.7 Å². The third-order valence-corrected chi connectivity index (χ3v) is 2.02. The highest BCUT2D eigenvalue weighted by Gasteiger charge is 2.27. The largest absolute Gasteiger partial charge is 0.472 e. The Labute approximate surface area is 75.1 Å². The van der Waals surface area contributed by atoms with E-state index in [9.17, 15) is 9.59 Å². The van der Waals surface area contributed by atoms with Crippen molar-refractivity contribution in [3.63, 3.8) is 0 Å². The number of hydrogen-bond acceptors (Lipinski definition) is 3. The van der Waals surface area contributed by atoms with E-state index < -0.39 is 0 Å². The number of carbonyl (C=O) groups is 2. The molecule has 2 rings (SSSR count). The van der Waals surface area contributed by atoms with Crippen molar-refractivity contribution in [2.75, 3.05) is 6.54 Å². The number of hydrogen-bond donors (Lipinski definition) is 0. The SMILES string of the molecule is O=C1CC(=O)N(Cc2ccoc2)C1. The van der Waals surface area contributed by atoms with Gasteiger partial charge in [0, 0.05) is 12.1 Å². The van der Waals surface area contributed by atoms with E-state index in [2.05, 4.69) is 0 Å². The zero-order valence-corrected chi connectivity index (χ0v) is 7.03. The molecule has 13 heavy (non-hydrogen) atoms. The van der Waals surface area contributed by atoms with Gasteiger partial charge in [-0.1, -0.05) is 0 Å². The van der Waals surface area contributed by atoms with Gasteiger partial charge in [0.05, 0.1) is 25.5 Å². The number of likely N-dealkylation sites (tertiary alicyclic amines) is 1. The first-order chi connectivity index (χ1) is 6.25. The number of ketones is 1. The second-order valence-corrected chi connectivity index (χ2v) is 3.10. The van der Waals surface area contributed by atoms with Gasteiger partial charge < -0.3 is 9.32 Å². The molecule has 0 spiro atoms. The molecule has 2 heterocycles. The Morgan fingerprint density at radius 2 is 2.31 bits per heavy atom. The molecular weight excluding hydrogens is 170 g/mol. The predicted octanol–water partition coefficient (Wildman–Crippen LogP) is 0.581. The van der Waals surface area contributed by atoms with Gasteiger partial charge >= 0.3 is 0 Å². The summed E-state index contributed by atoms with van der Waals surface area (Å²) in [6.45, 7) is 0.713. The summed E-state index contributed by atoms with van der Waals surface area (Å²) in [6, 6.07) is 1.79. The standard InChI is InChI=1S/C9H9NO3/c11-8-3-9(12)10(5-8)4-7-1-2-13-6-7/h1-2,6H,3-5H2. The number of amides is 1. The molecule has 4 nitrogen and oxygen atoms in total. The van der Waals surface area contributed by atoms with Crippen LogP contribution < -0.4 is 0 Å². The van der Waals surface area contributed by atoms with Crippen LogP contribution in [-0.2, 0) is 16.1 Å². The number of nitrogens with zero attached hydrogens (tertiary/aromatic N) is 1. The van der Waals surface area contributed by atoms with Gasteiger partial charge in [0.15, 0.2) is 5.78 Å². The maximum atomic E-state index is 11.2. The van der Waals surface area contributed by atoms with E-state index in [4.69, 9.17) is 4.42 Å². The van der Waals surface area contributed by atoms with Crippen molar-refractivity contribution in [3.05, 3.63) is 24.2 Å². The summed E-state index contributed by atoms with van der Waals surface area (Å²) >= 11 is 0. The maximum Gasteiger partial charge on any atom is 0.230 e. The zero-order chi connectivity index (χ0) is 9.26. The highest BCUT2D eigenvalue weighted by atomic mass is 16.3. The fraction of sp³-hybridized carbons (Fsp3) is 0.333. The summed E-state index contributed by atoms with van der Waals surface area (Å²) in [5.74, 6) is -0.0975. The quantitative estimate of drug-likeness (QED) is 0.624. The van der Waals surface area contributed by atoms with Gasteiger partial charge in [0.25, 0.3) is 0 Å². The molecular formula is C9H9NO3. The van der Waals surface area contributed by atoms with Crippen molar-refractivity contribution < 1.29 is 14.0 Å². The van der Waals surface area contributed by atoms with Crippen LogP contribution >= 0.6 is 0 Å². The van der Waals surface area contributed by atoms with Crippen molar-refractivity contribution in [1.82, 2.24) is 4.90 Å². The van der Waals surface area contributed by atoms with Crippen molar-refractivity contribution in [3.8, 4) is 0 Å². The lowest BCUT2D eigenvalue weighted by Gasteiger charge is -2.12. The highest BCUT2D eigenvalue weighted by Crippen LogP contribution is 2.11. The number of furan rings is 1. The number of carbonyl (C=O) groups excluding carboxylic acids is 2. The van der Waals surface area contributed by atoms with E-state index >= 15 is 0 Å². The minimum absolute atomic E-state index is 0.00602. The predicted molar refractivity (Wildman–Crippen MR) is 43.7 cm³/mol. The normalized spacial score (nSPS) is 17.1. The van der Waals surface area contributed by atoms with Gasteiger partial charge in [0.1, 0.15) is 0 Å². The van der Waals surface area contributed by atoms with Crippen LogP contribution in [0, 0.1) is 0 Å². The van der Waals surface area contributed by atoms with Gasteiger partial charge in [-0.05, 0) is 6.07 Å². The third-order valence-electron chi connectivity index (χ3n) is 2.02. The van der Waals surface area contributed by atoms with E-state index in [0.717, 1.165) is 5.56 Å². The topological polar surface area (TPSA) is 50.5 Å². The lowest BCUT2D eigenvalue weighted by molar-refractivity contribution is -0.128. The molecule has 1 aliphatic rings. The van der Waals surface area contributed by atoms with Crippen molar-refractivity contribution in [2.45, 2.75) is 13.0 Å². The molecule has 4 heteroatoms. The molecule has 0 saturated carbocycles. The molecule has 0 unspecified atom stereocenters. The van der Waals surface area contributed by atoms with E-state index in [1.165, 1.54) is 4.90 Å². The van der Waals surface area contributed by atoms with Crippen molar-refractivity contribution in [2.24, 2.45) is 0 Å². The highest BCUT2D eigenvalue weighted by molar-refractivity contribution is 6.05. The van der Waals surface area contributed by atoms with Gasteiger partial charge in [-0.2, -0.15) is 0 Å². The molecule has 0 N–H and O–H groups in total. The lowest BCUT2D eigenvalue weighted by Crippen LogP contribution is -2.24. The van der Waals surface area contributed by atoms with Crippen molar-refractivity contribution in [1.29, 1.82) is 0 Å². The average molecular weight is 179 g/mol. The van der Waals surface area contributed by atoms with E-state index in [1.54, 1.807) is 18.6 Å². The molecule has 0 aliphatic carbocycles. The molecule has 1 amide bonds. The fourth-order valence-corrected chi connectivity index (χ4v) is 1.38. The molecule has 1 aromatic heterocycles. The molecule has 0 radical (unpaired) electrons. The molecule has 0 bridgehead atoms. The minimum atomic E-state index is -0.0915. The third kappa shape index (κ3) is 1.61. The zero-order valence-electron chi connectivity index (χ0n) is 7.03. The van der Waals surface area contributed by atoms with Gasteiger partial charge in [-0.15, -0.1) is 0 Å². The molecule has 1 saturated heterocycles. The van der Waals surface area contributed by atoms with Gasteiger partial charge in [-0.25, -0.2) is 0 Å². The summed E-state index contributed by atoms with van der Waals surface area (Å²) in [7, 11) is 0. The van der Waals surface area contributed by atoms with E-state index in [0.29, 0.717) is 6.54 Å². The molecule has 68 valence electrons. The molecule has 1 fully saturated rings. The molecule has 0 atom stereocenters. The molecule has 1 aliphatic heterocycles. The first-order valence-corrected chi connectivity index (χ1v) is 4.06. The Morgan fingerprint density at radius 1 is 1.46 bits per heavy atom. The molecule has 1 aromatic rings.